The zero-order valence-corrected chi connectivity index (χ0v) is 21.2. The Labute approximate surface area is 219 Å². The monoisotopic (exact) mass is 516 g/mol. The minimum absolute atomic E-state index is 0.208. The van der Waals surface area contributed by atoms with E-state index in [0.29, 0.717) is 30.8 Å². The Kier molecular flexibility index (Phi) is 8.96. The molecule has 2 aromatic heterocycles. The van der Waals surface area contributed by atoms with E-state index in [2.05, 4.69) is 27.4 Å². The molecule has 2 amide bonds. The largest absolute Gasteiger partial charge is 0.493 e. The van der Waals surface area contributed by atoms with Gasteiger partial charge in [0.25, 0.3) is 5.91 Å². The van der Waals surface area contributed by atoms with E-state index < -0.39 is 5.91 Å². The van der Waals surface area contributed by atoms with Gasteiger partial charge < -0.3 is 15.0 Å². The third-order valence-corrected chi connectivity index (χ3v) is 6.71. The second kappa shape index (κ2) is 12.8. The van der Waals surface area contributed by atoms with Crippen LogP contribution in [0.25, 0.3) is 23.1 Å². The fourth-order valence-corrected chi connectivity index (χ4v) is 4.81. The van der Waals surface area contributed by atoms with Crippen LogP contribution in [-0.4, -0.2) is 40.6 Å². The van der Waals surface area contributed by atoms with Crippen LogP contribution in [0.15, 0.2) is 76.8 Å². The summed E-state index contributed by atoms with van der Waals surface area (Å²) in [5.74, 6) is -0.181. The van der Waals surface area contributed by atoms with Crippen molar-refractivity contribution in [3.05, 3.63) is 83.8 Å². The summed E-state index contributed by atoms with van der Waals surface area (Å²) in [5.41, 5.74) is 5.03. The molecule has 4 rings (SSSR count). The van der Waals surface area contributed by atoms with Crippen LogP contribution >= 0.6 is 11.8 Å². The molecule has 0 radical (unpaired) electrons. The standard InChI is InChI=1S/C28H28N4O4S/c1-29-28(34)27-24(36-16-5-3-10-26(33)32-35)8-6-9-25(27)37-21-13-14-22-19(18-31-23(22)17-21)11-12-20-7-2-4-15-30-20/h2,4,6-9,11-15,17-18,31,35H,3,5,10,16H2,1H3,(H,29,34)(H,32,33)/b12-11+. The number of aromatic amines is 1. The Morgan fingerprint density at radius 2 is 2.00 bits per heavy atom. The Hall–Kier alpha value is -4.08. The summed E-state index contributed by atoms with van der Waals surface area (Å²) < 4.78 is 5.90. The average molecular weight is 517 g/mol. The van der Waals surface area contributed by atoms with Gasteiger partial charge in [-0.3, -0.25) is 19.8 Å². The lowest BCUT2D eigenvalue weighted by molar-refractivity contribution is -0.129. The van der Waals surface area contributed by atoms with E-state index in [1.165, 1.54) is 11.8 Å². The second-order valence-electron chi connectivity index (χ2n) is 8.19. The van der Waals surface area contributed by atoms with Crippen molar-refractivity contribution in [2.45, 2.75) is 29.1 Å². The second-order valence-corrected chi connectivity index (χ2v) is 9.31. The number of hydrogen-bond acceptors (Lipinski definition) is 6. The molecule has 190 valence electrons. The van der Waals surface area contributed by atoms with Gasteiger partial charge >= 0.3 is 0 Å². The molecular formula is C28H28N4O4S. The highest BCUT2D eigenvalue weighted by molar-refractivity contribution is 7.99. The molecule has 2 heterocycles. The van der Waals surface area contributed by atoms with Crippen LogP contribution in [0, 0.1) is 0 Å². The number of carbonyl (C=O) groups excluding carboxylic acids is 2. The van der Waals surface area contributed by atoms with E-state index in [0.717, 1.165) is 32.0 Å². The summed E-state index contributed by atoms with van der Waals surface area (Å²) in [4.78, 5) is 33.3. The van der Waals surface area contributed by atoms with Crippen molar-refractivity contribution >= 4 is 46.6 Å². The van der Waals surface area contributed by atoms with Crippen LogP contribution < -0.4 is 15.5 Å². The quantitative estimate of drug-likeness (QED) is 0.122. The van der Waals surface area contributed by atoms with E-state index >= 15 is 0 Å². The molecule has 0 aliphatic carbocycles. The predicted molar refractivity (Wildman–Crippen MR) is 145 cm³/mol. The molecule has 8 nitrogen and oxygen atoms in total. The van der Waals surface area contributed by atoms with Crippen LogP contribution in [0.1, 0.15) is 40.9 Å². The number of pyridine rings is 1. The number of H-pyrrole nitrogens is 1. The van der Waals surface area contributed by atoms with Gasteiger partial charge in [-0.1, -0.05) is 36.0 Å². The highest BCUT2D eigenvalue weighted by Crippen LogP contribution is 2.36. The third-order valence-electron chi connectivity index (χ3n) is 5.66. The van der Waals surface area contributed by atoms with Crippen LogP contribution in [0.5, 0.6) is 5.75 Å². The minimum Gasteiger partial charge on any atom is -0.493 e. The van der Waals surface area contributed by atoms with Crippen molar-refractivity contribution in [2.24, 2.45) is 0 Å². The molecule has 0 aliphatic heterocycles. The van der Waals surface area contributed by atoms with Gasteiger partial charge in [0, 0.05) is 46.6 Å². The summed E-state index contributed by atoms with van der Waals surface area (Å²) in [6, 6.07) is 17.5. The summed E-state index contributed by atoms with van der Waals surface area (Å²) in [6.45, 7) is 0.347. The van der Waals surface area contributed by atoms with Crippen molar-refractivity contribution < 1.29 is 19.5 Å². The summed E-state index contributed by atoms with van der Waals surface area (Å²) >= 11 is 1.49. The molecule has 4 N–H and O–H groups in total. The lowest BCUT2D eigenvalue weighted by Crippen LogP contribution is -2.20. The van der Waals surface area contributed by atoms with E-state index in [1.54, 1.807) is 24.8 Å². The topological polar surface area (TPSA) is 116 Å². The number of carbonyl (C=O) groups is 2. The molecule has 0 atom stereocenters. The maximum atomic E-state index is 12.8. The molecule has 9 heteroatoms. The molecule has 2 aromatic carbocycles. The van der Waals surface area contributed by atoms with Gasteiger partial charge in [-0.15, -0.1) is 0 Å². The Balaban J connectivity index is 1.50. The highest BCUT2D eigenvalue weighted by Gasteiger charge is 2.18. The molecule has 4 aromatic rings. The fraction of sp³-hybridized carbons (Fsp3) is 0.179. The highest BCUT2D eigenvalue weighted by atomic mass is 32.2. The summed E-state index contributed by atoms with van der Waals surface area (Å²) in [6.07, 6.45) is 9.13. The maximum Gasteiger partial charge on any atom is 0.255 e. The number of hydroxylamine groups is 1. The molecule has 0 bridgehead atoms. The molecule has 37 heavy (non-hydrogen) atoms. The SMILES string of the molecule is CNC(=O)c1c(OCCCCC(=O)NO)cccc1Sc1ccc2c(/C=C/c3ccccn3)c[nH]c2c1. The van der Waals surface area contributed by atoms with Crippen molar-refractivity contribution in [2.75, 3.05) is 13.7 Å². The number of amides is 2. The molecule has 0 spiro atoms. The van der Waals surface area contributed by atoms with Gasteiger partial charge in [0.1, 0.15) is 5.75 Å². The van der Waals surface area contributed by atoms with Crippen molar-refractivity contribution in [1.29, 1.82) is 0 Å². The predicted octanol–water partition coefficient (Wildman–Crippen LogP) is 5.30. The third kappa shape index (κ3) is 6.78. The van der Waals surface area contributed by atoms with Gasteiger partial charge in [-0.2, -0.15) is 0 Å². The van der Waals surface area contributed by atoms with Crippen LogP contribution in [0.2, 0.25) is 0 Å². The molecule has 0 unspecified atom stereocenters. The van der Waals surface area contributed by atoms with Crippen LogP contribution in [0.4, 0.5) is 0 Å². The van der Waals surface area contributed by atoms with Crippen molar-refractivity contribution in [1.82, 2.24) is 20.8 Å². The smallest absolute Gasteiger partial charge is 0.255 e. The number of ether oxygens (including phenoxy) is 1. The van der Waals surface area contributed by atoms with Gasteiger partial charge in [-0.25, -0.2) is 5.48 Å². The number of rotatable bonds is 11. The first-order valence-electron chi connectivity index (χ1n) is 11.9. The van der Waals surface area contributed by atoms with Gasteiger partial charge in [0.05, 0.1) is 17.9 Å². The van der Waals surface area contributed by atoms with E-state index in [4.69, 9.17) is 9.94 Å². The fourth-order valence-electron chi connectivity index (χ4n) is 3.80. The maximum absolute atomic E-state index is 12.8. The zero-order chi connectivity index (χ0) is 26.0. The first-order chi connectivity index (χ1) is 18.1. The van der Waals surface area contributed by atoms with Gasteiger partial charge in [0.15, 0.2) is 0 Å². The first-order valence-corrected chi connectivity index (χ1v) is 12.7. The number of benzene rings is 2. The summed E-state index contributed by atoms with van der Waals surface area (Å²) in [5, 5.41) is 12.4. The van der Waals surface area contributed by atoms with Crippen LogP contribution in [0.3, 0.4) is 0 Å². The lowest BCUT2D eigenvalue weighted by atomic mass is 10.1. The normalized spacial score (nSPS) is 11.1. The van der Waals surface area contributed by atoms with Gasteiger partial charge in [0.2, 0.25) is 5.91 Å². The minimum atomic E-state index is -0.431. The Bertz CT molecular complexity index is 1400. The molecule has 0 saturated heterocycles. The van der Waals surface area contributed by atoms with E-state index in [-0.39, 0.29) is 12.3 Å². The number of nitrogens with zero attached hydrogens (tertiary/aromatic N) is 1. The summed E-state index contributed by atoms with van der Waals surface area (Å²) in [7, 11) is 1.59. The van der Waals surface area contributed by atoms with E-state index in [9.17, 15) is 9.59 Å². The van der Waals surface area contributed by atoms with Crippen molar-refractivity contribution in [3.63, 3.8) is 0 Å². The number of fused-ring (bicyclic) bond motifs is 1. The number of nitrogens with one attached hydrogen (secondary N) is 3. The number of unbranched alkanes of at least 4 members (excludes halogenated alkanes) is 1. The Morgan fingerprint density at radius 1 is 1.11 bits per heavy atom. The van der Waals surface area contributed by atoms with Gasteiger partial charge in [-0.05, 0) is 60.9 Å². The first kappa shape index (κ1) is 26.0. The van der Waals surface area contributed by atoms with E-state index in [1.807, 2.05) is 54.7 Å². The molecule has 0 saturated carbocycles. The van der Waals surface area contributed by atoms with Crippen LogP contribution in [-0.2, 0) is 4.79 Å². The lowest BCUT2D eigenvalue weighted by Gasteiger charge is -2.14. The number of aromatic nitrogens is 2. The average Bonchev–Trinajstić information content (AvgIpc) is 3.34. The molecule has 0 fully saturated rings. The molecule has 0 aliphatic rings. The zero-order valence-electron chi connectivity index (χ0n) is 20.4. The molecular weight excluding hydrogens is 488 g/mol. The van der Waals surface area contributed by atoms with Crippen molar-refractivity contribution in [3.8, 4) is 5.75 Å². The Morgan fingerprint density at radius 3 is 2.78 bits per heavy atom. The number of hydrogen-bond donors (Lipinski definition) is 4.